The molecular weight excluding hydrogens is 309 g/mol. The third kappa shape index (κ3) is 7.55. The Balaban J connectivity index is 0.00000200. The number of benzene rings is 1. The van der Waals surface area contributed by atoms with E-state index in [2.05, 4.69) is 16.0 Å². The number of piperidine rings is 1. The Morgan fingerprint density at radius 1 is 1.14 bits per heavy atom. The van der Waals surface area contributed by atoms with Crippen LogP contribution in [0.4, 0.5) is 5.69 Å². The van der Waals surface area contributed by atoms with Crippen molar-refractivity contribution in [3.63, 3.8) is 0 Å². The molecule has 1 fully saturated rings. The Bertz CT molecular complexity index is 384. The number of carbonyl (C=O) groups excluding carboxylic acids is 1. The minimum Gasteiger partial charge on any atom is -0.385 e. The van der Waals surface area contributed by atoms with Gasteiger partial charge in [-0.05, 0) is 37.9 Å². The highest BCUT2D eigenvalue weighted by Crippen LogP contribution is 2.07. The molecule has 1 atom stereocenters. The van der Waals surface area contributed by atoms with Gasteiger partial charge in [-0.3, -0.25) is 4.79 Å². The van der Waals surface area contributed by atoms with Crippen molar-refractivity contribution < 1.29 is 4.79 Å². The van der Waals surface area contributed by atoms with E-state index in [-0.39, 0.29) is 36.8 Å². The lowest BCUT2D eigenvalue weighted by atomic mass is 10.0. The van der Waals surface area contributed by atoms with Gasteiger partial charge in [0.15, 0.2) is 0 Å². The van der Waals surface area contributed by atoms with Crippen LogP contribution in [-0.2, 0) is 4.79 Å². The molecule has 0 aromatic heterocycles. The first-order valence-electron chi connectivity index (χ1n) is 7.16. The van der Waals surface area contributed by atoms with Gasteiger partial charge in [-0.2, -0.15) is 0 Å². The molecule has 1 heterocycles. The summed E-state index contributed by atoms with van der Waals surface area (Å²) >= 11 is 0. The zero-order valence-corrected chi connectivity index (χ0v) is 13.8. The Labute approximate surface area is 139 Å². The van der Waals surface area contributed by atoms with E-state index in [1.165, 1.54) is 6.42 Å². The van der Waals surface area contributed by atoms with Crippen molar-refractivity contribution in [1.29, 1.82) is 0 Å². The van der Waals surface area contributed by atoms with Crippen molar-refractivity contribution in [1.82, 2.24) is 10.6 Å². The molecule has 1 saturated heterocycles. The fourth-order valence-corrected chi connectivity index (χ4v) is 2.29. The first-order chi connectivity index (χ1) is 9.36. The topological polar surface area (TPSA) is 53.2 Å². The molecule has 1 aliphatic heterocycles. The maximum Gasteiger partial charge on any atom is 0.237 e. The van der Waals surface area contributed by atoms with Crippen molar-refractivity contribution in [2.45, 2.75) is 31.7 Å². The van der Waals surface area contributed by atoms with E-state index in [4.69, 9.17) is 0 Å². The Hall–Kier alpha value is -0.970. The molecule has 21 heavy (non-hydrogen) atoms. The Morgan fingerprint density at radius 3 is 2.57 bits per heavy atom. The summed E-state index contributed by atoms with van der Waals surface area (Å²) in [5.41, 5.74) is 1.13. The molecule has 1 aliphatic rings. The van der Waals surface area contributed by atoms with Crippen LogP contribution >= 0.6 is 24.8 Å². The molecule has 0 aliphatic carbocycles. The van der Waals surface area contributed by atoms with Crippen LogP contribution in [0.2, 0.25) is 0 Å². The van der Waals surface area contributed by atoms with Gasteiger partial charge in [0.05, 0.1) is 6.04 Å². The Morgan fingerprint density at radius 2 is 1.90 bits per heavy atom. The summed E-state index contributed by atoms with van der Waals surface area (Å²) in [6, 6.07) is 10.1. The van der Waals surface area contributed by atoms with Gasteiger partial charge in [-0.15, -0.1) is 24.8 Å². The maximum absolute atomic E-state index is 11.8. The van der Waals surface area contributed by atoms with Gasteiger partial charge < -0.3 is 16.0 Å². The molecule has 1 amide bonds. The zero-order chi connectivity index (χ0) is 13.3. The van der Waals surface area contributed by atoms with Crippen molar-refractivity contribution in [3.8, 4) is 0 Å². The summed E-state index contributed by atoms with van der Waals surface area (Å²) in [5.74, 6) is 0.152. The molecule has 0 bridgehead atoms. The van der Waals surface area contributed by atoms with Crippen molar-refractivity contribution in [2.75, 3.05) is 25.0 Å². The number of carbonyl (C=O) groups is 1. The highest BCUT2D eigenvalue weighted by atomic mass is 35.5. The Kier molecular flexibility index (Phi) is 11.1. The van der Waals surface area contributed by atoms with E-state index in [0.29, 0.717) is 0 Å². The van der Waals surface area contributed by atoms with Crippen molar-refractivity contribution in [3.05, 3.63) is 30.3 Å². The van der Waals surface area contributed by atoms with Crippen LogP contribution in [0.15, 0.2) is 30.3 Å². The fourth-order valence-electron chi connectivity index (χ4n) is 2.29. The average Bonchev–Trinajstić information content (AvgIpc) is 2.49. The summed E-state index contributed by atoms with van der Waals surface area (Å²) in [7, 11) is 0. The van der Waals surface area contributed by atoms with Gasteiger partial charge in [0.2, 0.25) is 5.91 Å². The van der Waals surface area contributed by atoms with Crippen LogP contribution in [0.1, 0.15) is 25.7 Å². The monoisotopic (exact) mass is 333 g/mol. The SMILES string of the molecule is Cl.Cl.O=C(NCCCNc1ccccc1)[C@H]1CCCCN1. The van der Waals surface area contributed by atoms with Crippen LogP contribution in [-0.4, -0.2) is 31.6 Å². The number of nitrogens with one attached hydrogen (secondary N) is 3. The average molecular weight is 334 g/mol. The number of rotatable bonds is 6. The lowest BCUT2D eigenvalue weighted by Gasteiger charge is -2.22. The summed E-state index contributed by atoms with van der Waals surface area (Å²) in [6.07, 6.45) is 4.24. The summed E-state index contributed by atoms with van der Waals surface area (Å²) < 4.78 is 0. The van der Waals surface area contributed by atoms with Crippen LogP contribution in [0.3, 0.4) is 0 Å². The highest BCUT2D eigenvalue weighted by Gasteiger charge is 2.19. The number of para-hydroxylation sites is 1. The molecule has 120 valence electrons. The van der Waals surface area contributed by atoms with E-state index >= 15 is 0 Å². The molecule has 4 nitrogen and oxygen atoms in total. The van der Waals surface area contributed by atoms with Crippen LogP contribution in [0.25, 0.3) is 0 Å². The molecule has 3 N–H and O–H groups in total. The van der Waals surface area contributed by atoms with E-state index < -0.39 is 0 Å². The second-order valence-electron chi connectivity index (χ2n) is 4.94. The summed E-state index contributed by atoms with van der Waals surface area (Å²) in [6.45, 7) is 2.58. The zero-order valence-electron chi connectivity index (χ0n) is 12.1. The minimum absolute atomic E-state index is 0. The van der Waals surface area contributed by atoms with Gasteiger partial charge in [0, 0.05) is 18.8 Å². The lowest BCUT2D eigenvalue weighted by Crippen LogP contribution is -2.46. The first-order valence-corrected chi connectivity index (χ1v) is 7.16. The van der Waals surface area contributed by atoms with Gasteiger partial charge in [-0.1, -0.05) is 24.6 Å². The molecule has 1 aromatic rings. The largest absolute Gasteiger partial charge is 0.385 e. The number of hydrogen-bond acceptors (Lipinski definition) is 3. The molecular formula is C15H25Cl2N3O. The first kappa shape index (κ1) is 20.0. The number of anilines is 1. The second kappa shape index (κ2) is 11.7. The van der Waals surface area contributed by atoms with Crippen LogP contribution < -0.4 is 16.0 Å². The lowest BCUT2D eigenvalue weighted by molar-refractivity contribution is -0.123. The summed E-state index contributed by atoms with van der Waals surface area (Å²) in [4.78, 5) is 11.8. The standard InChI is InChI=1S/C15H23N3O.2ClH/c19-15(14-9-4-5-10-17-14)18-12-6-11-16-13-7-2-1-3-8-13;;/h1-3,7-8,14,16-17H,4-6,9-12H2,(H,18,19);2*1H/t14-;;/m1../s1. The quantitative estimate of drug-likeness (QED) is 0.701. The molecule has 0 saturated carbocycles. The number of halogens is 2. The van der Waals surface area contributed by atoms with E-state index in [0.717, 1.165) is 44.6 Å². The highest BCUT2D eigenvalue weighted by molar-refractivity contribution is 5.85. The van der Waals surface area contributed by atoms with Crippen molar-refractivity contribution in [2.24, 2.45) is 0 Å². The fraction of sp³-hybridized carbons (Fsp3) is 0.533. The molecule has 0 radical (unpaired) electrons. The minimum atomic E-state index is 0. The second-order valence-corrected chi connectivity index (χ2v) is 4.94. The smallest absolute Gasteiger partial charge is 0.237 e. The summed E-state index contributed by atoms with van der Waals surface area (Å²) in [5, 5.41) is 9.59. The van der Waals surface area contributed by atoms with Crippen LogP contribution in [0, 0.1) is 0 Å². The molecule has 1 aromatic carbocycles. The molecule has 0 unspecified atom stereocenters. The van der Waals surface area contributed by atoms with E-state index in [9.17, 15) is 4.79 Å². The number of hydrogen-bond donors (Lipinski definition) is 3. The van der Waals surface area contributed by atoms with Crippen molar-refractivity contribution >= 4 is 36.4 Å². The predicted octanol–water partition coefficient (Wildman–Crippen LogP) is 2.59. The number of amides is 1. The van der Waals surface area contributed by atoms with Gasteiger partial charge >= 0.3 is 0 Å². The van der Waals surface area contributed by atoms with E-state index in [1.54, 1.807) is 0 Å². The molecule has 0 spiro atoms. The third-order valence-corrected chi connectivity index (χ3v) is 3.38. The van der Waals surface area contributed by atoms with Crippen LogP contribution in [0.5, 0.6) is 0 Å². The normalized spacial score (nSPS) is 17.0. The van der Waals surface area contributed by atoms with Gasteiger partial charge in [0.1, 0.15) is 0 Å². The van der Waals surface area contributed by atoms with Gasteiger partial charge in [-0.25, -0.2) is 0 Å². The third-order valence-electron chi connectivity index (χ3n) is 3.38. The molecule has 2 rings (SSSR count). The maximum atomic E-state index is 11.8. The predicted molar refractivity (Wildman–Crippen MR) is 92.7 cm³/mol. The molecule has 6 heteroatoms. The van der Waals surface area contributed by atoms with E-state index in [1.807, 2.05) is 30.3 Å². The van der Waals surface area contributed by atoms with Gasteiger partial charge in [0.25, 0.3) is 0 Å².